The number of sulfonamides is 1. The van der Waals surface area contributed by atoms with Crippen LogP contribution < -0.4 is 14.4 Å². The molecule has 1 N–H and O–H groups in total. The summed E-state index contributed by atoms with van der Waals surface area (Å²) in [5.74, 6) is 0.454. The molecule has 0 radical (unpaired) electrons. The van der Waals surface area contributed by atoms with Gasteiger partial charge in [-0.25, -0.2) is 8.42 Å². The predicted molar refractivity (Wildman–Crippen MR) is 128 cm³/mol. The number of aryl methyl sites for hydroxylation is 1. The number of benzene rings is 3. The number of hydrogen-bond donors (Lipinski definition) is 1. The van der Waals surface area contributed by atoms with Gasteiger partial charge in [0.1, 0.15) is 5.75 Å². The summed E-state index contributed by atoms with van der Waals surface area (Å²) in [6, 6.07) is 21.6. The van der Waals surface area contributed by atoms with Crippen molar-refractivity contribution in [2.24, 2.45) is 0 Å². The Morgan fingerprint density at radius 2 is 1.62 bits per heavy atom. The third-order valence-electron chi connectivity index (χ3n) is 5.22. The first kappa shape index (κ1) is 23.3. The van der Waals surface area contributed by atoms with Gasteiger partial charge in [-0.1, -0.05) is 48.0 Å². The van der Waals surface area contributed by atoms with E-state index in [0.717, 1.165) is 16.7 Å². The first-order chi connectivity index (χ1) is 15.2. The van der Waals surface area contributed by atoms with E-state index >= 15 is 0 Å². The number of methoxy groups -OCH3 is 1. The Hall–Kier alpha value is -3.32. The first-order valence-corrected chi connectivity index (χ1v) is 12.1. The van der Waals surface area contributed by atoms with Crippen LogP contribution in [0.4, 0.5) is 5.69 Å². The molecule has 3 rings (SSSR count). The minimum absolute atomic E-state index is 0.218. The second kappa shape index (κ2) is 9.87. The van der Waals surface area contributed by atoms with Crippen molar-refractivity contribution in [2.45, 2.75) is 26.4 Å². The minimum atomic E-state index is -3.50. The normalized spacial score (nSPS) is 12.1. The predicted octanol–water partition coefficient (Wildman–Crippen LogP) is 4.46. The molecule has 0 bridgehead atoms. The number of hydrogen-bond acceptors (Lipinski definition) is 4. The highest BCUT2D eigenvalue weighted by Crippen LogP contribution is 2.25. The third kappa shape index (κ3) is 5.68. The molecule has 0 heterocycles. The number of ether oxygens (including phenoxy) is 1. The van der Waals surface area contributed by atoms with Crippen LogP contribution in [0.15, 0.2) is 72.8 Å². The van der Waals surface area contributed by atoms with Crippen LogP contribution in [0.5, 0.6) is 5.75 Å². The summed E-state index contributed by atoms with van der Waals surface area (Å²) < 4.78 is 31.5. The summed E-state index contributed by atoms with van der Waals surface area (Å²) in [5.41, 5.74) is 3.81. The van der Waals surface area contributed by atoms with Crippen molar-refractivity contribution in [3.8, 4) is 5.75 Å². The number of para-hydroxylation sites is 1. The lowest BCUT2D eigenvalue weighted by Gasteiger charge is -2.23. The van der Waals surface area contributed by atoms with E-state index in [1.807, 2.05) is 62.4 Å². The Labute approximate surface area is 189 Å². The number of amides is 1. The molecule has 3 aromatic rings. The van der Waals surface area contributed by atoms with Crippen LogP contribution in [-0.4, -0.2) is 27.7 Å². The topological polar surface area (TPSA) is 75.7 Å². The van der Waals surface area contributed by atoms with Gasteiger partial charge in [-0.05, 0) is 49.7 Å². The lowest BCUT2D eigenvalue weighted by molar-refractivity contribution is 0.0939. The Morgan fingerprint density at radius 1 is 1.00 bits per heavy atom. The maximum absolute atomic E-state index is 12.7. The van der Waals surface area contributed by atoms with Crippen LogP contribution in [-0.2, 0) is 16.6 Å². The Bertz CT molecular complexity index is 1170. The van der Waals surface area contributed by atoms with Gasteiger partial charge in [0, 0.05) is 11.1 Å². The van der Waals surface area contributed by atoms with Gasteiger partial charge in [-0.3, -0.25) is 9.10 Å². The van der Waals surface area contributed by atoms with E-state index in [1.165, 1.54) is 10.6 Å². The molecule has 0 aliphatic heterocycles. The number of nitrogens with one attached hydrogen (secondary N) is 1. The lowest BCUT2D eigenvalue weighted by Crippen LogP contribution is -2.29. The van der Waals surface area contributed by atoms with E-state index in [9.17, 15) is 13.2 Å². The highest BCUT2D eigenvalue weighted by atomic mass is 32.2. The minimum Gasteiger partial charge on any atom is -0.496 e. The van der Waals surface area contributed by atoms with Crippen molar-refractivity contribution in [2.75, 3.05) is 17.7 Å². The first-order valence-electron chi connectivity index (χ1n) is 10.3. The summed E-state index contributed by atoms with van der Waals surface area (Å²) in [7, 11) is -1.91. The summed E-state index contributed by atoms with van der Waals surface area (Å²) in [6.07, 6.45) is 1.18. The SMILES string of the molecule is COc1ccccc1[C@H](C)NC(=O)c1ccc(N(Cc2ccc(C)cc2)S(C)(=O)=O)cc1. The molecule has 0 saturated heterocycles. The van der Waals surface area contributed by atoms with E-state index in [2.05, 4.69) is 5.32 Å². The summed E-state index contributed by atoms with van der Waals surface area (Å²) in [4.78, 5) is 12.7. The highest BCUT2D eigenvalue weighted by molar-refractivity contribution is 7.92. The van der Waals surface area contributed by atoms with Crippen LogP contribution in [0.1, 0.15) is 40.0 Å². The van der Waals surface area contributed by atoms with Gasteiger partial charge < -0.3 is 10.1 Å². The summed E-state index contributed by atoms with van der Waals surface area (Å²) in [6.45, 7) is 4.09. The molecule has 32 heavy (non-hydrogen) atoms. The number of carbonyl (C=O) groups is 1. The second-order valence-corrected chi connectivity index (χ2v) is 9.65. The van der Waals surface area contributed by atoms with Gasteiger partial charge in [0.05, 0.1) is 31.6 Å². The Morgan fingerprint density at radius 3 is 2.22 bits per heavy atom. The fourth-order valence-electron chi connectivity index (χ4n) is 3.42. The van der Waals surface area contributed by atoms with Crippen LogP contribution in [0.2, 0.25) is 0 Å². The van der Waals surface area contributed by atoms with Crippen LogP contribution >= 0.6 is 0 Å². The molecule has 0 aliphatic carbocycles. The van der Waals surface area contributed by atoms with Crippen molar-refractivity contribution in [3.05, 3.63) is 95.1 Å². The zero-order valence-electron chi connectivity index (χ0n) is 18.7. The van der Waals surface area contributed by atoms with Gasteiger partial charge in [0.2, 0.25) is 10.0 Å². The molecule has 0 unspecified atom stereocenters. The van der Waals surface area contributed by atoms with E-state index in [0.29, 0.717) is 17.0 Å². The molecular formula is C25H28N2O4S. The quantitative estimate of drug-likeness (QED) is 0.548. The molecule has 0 aromatic heterocycles. The van der Waals surface area contributed by atoms with E-state index in [-0.39, 0.29) is 18.5 Å². The van der Waals surface area contributed by atoms with E-state index in [4.69, 9.17) is 4.74 Å². The summed E-state index contributed by atoms with van der Waals surface area (Å²) in [5, 5.41) is 2.96. The van der Waals surface area contributed by atoms with Gasteiger partial charge >= 0.3 is 0 Å². The Kier molecular flexibility index (Phi) is 7.20. The molecule has 3 aromatic carbocycles. The van der Waals surface area contributed by atoms with Gasteiger partial charge in [-0.2, -0.15) is 0 Å². The zero-order valence-corrected chi connectivity index (χ0v) is 19.5. The van der Waals surface area contributed by atoms with Crippen molar-refractivity contribution < 1.29 is 17.9 Å². The van der Waals surface area contributed by atoms with Crippen LogP contribution in [0.25, 0.3) is 0 Å². The molecule has 0 spiro atoms. The molecule has 0 saturated carbocycles. The van der Waals surface area contributed by atoms with Crippen LogP contribution in [0, 0.1) is 6.92 Å². The zero-order chi connectivity index (χ0) is 23.3. The van der Waals surface area contributed by atoms with E-state index in [1.54, 1.807) is 31.4 Å². The molecule has 6 nitrogen and oxygen atoms in total. The molecule has 0 fully saturated rings. The number of nitrogens with zero attached hydrogens (tertiary/aromatic N) is 1. The number of carbonyl (C=O) groups excluding carboxylic acids is 1. The molecule has 1 atom stereocenters. The third-order valence-corrected chi connectivity index (χ3v) is 6.36. The Balaban J connectivity index is 1.77. The van der Waals surface area contributed by atoms with Crippen molar-refractivity contribution in [1.82, 2.24) is 5.32 Å². The standard InChI is InChI=1S/C25H28N2O4S/c1-18-9-11-20(12-10-18)17-27(32(4,29)30)22-15-13-21(14-16-22)25(28)26-19(2)23-7-5-6-8-24(23)31-3/h5-16,19H,17H2,1-4H3,(H,26,28)/t19-/m0/s1. The molecule has 168 valence electrons. The van der Waals surface area contributed by atoms with Crippen molar-refractivity contribution in [3.63, 3.8) is 0 Å². The smallest absolute Gasteiger partial charge is 0.251 e. The largest absolute Gasteiger partial charge is 0.496 e. The van der Waals surface area contributed by atoms with Crippen molar-refractivity contribution in [1.29, 1.82) is 0 Å². The van der Waals surface area contributed by atoms with Crippen LogP contribution in [0.3, 0.4) is 0 Å². The molecule has 0 aliphatic rings. The maximum Gasteiger partial charge on any atom is 0.251 e. The van der Waals surface area contributed by atoms with Gasteiger partial charge in [-0.15, -0.1) is 0 Å². The van der Waals surface area contributed by atoms with Crippen molar-refractivity contribution >= 4 is 21.6 Å². The highest BCUT2D eigenvalue weighted by Gasteiger charge is 2.19. The number of anilines is 1. The molecular weight excluding hydrogens is 424 g/mol. The summed E-state index contributed by atoms with van der Waals surface area (Å²) >= 11 is 0. The maximum atomic E-state index is 12.7. The average molecular weight is 453 g/mol. The van der Waals surface area contributed by atoms with E-state index < -0.39 is 10.0 Å². The van der Waals surface area contributed by atoms with Gasteiger partial charge in [0.25, 0.3) is 5.91 Å². The fourth-order valence-corrected chi connectivity index (χ4v) is 4.31. The lowest BCUT2D eigenvalue weighted by atomic mass is 10.1. The number of rotatable bonds is 8. The average Bonchev–Trinajstić information content (AvgIpc) is 2.78. The monoisotopic (exact) mass is 452 g/mol. The van der Waals surface area contributed by atoms with Gasteiger partial charge in [0.15, 0.2) is 0 Å². The molecule has 7 heteroatoms. The fraction of sp³-hybridized carbons (Fsp3) is 0.240. The second-order valence-electron chi connectivity index (χ2n) is 7.74. The molecule has 1 amide bonds.